The predicted molar refractivity (Wildman–Crippen MR) is 129 cm³/mol. The molecule has 1 aromatic heterocycles. The van der Waals surface area contributed by atoms with E-state index in [-0.39, 0.29) is 23.9 Å². The molecule has 0 fully saturated rings. The molecule has 0 saturated carbocycles. The molecule has 0 atom stereocenters. The highest BCUT2D eigenvalue weighted by molar-refractivity contribution is 8.14. The highest BCUT2D eigenvalue weighted by atomic mass is 35.5. The summed E-state index contributed by atoms with van der Waals surface area (Å²) >= 11 is 8.74. The smallest absolute Gasteiger partial charge is 0.321 e. The molecule has 4 amide bonds. The number of carbonyl (C=O) groups is 3. The van der Waals surface area contributed by atoms with Crippen molar-refractivity contribution in [3.8, 4) is 5.75 Å². The second-order valence-corrected chi connectivity index (χ2v) is 8.56. The van der Waals surface area contributed by atoms with Gasteiger partial charge in [-0.1, -0.05) is 35.5 Å². The van der Waals surface area contributed by atoms with Crippen LogP contribution in [-0.2, 0) is 9.59 Å². The van der Waals surface area contributed by atoms with Gasteiger partial charge >= 0.3 is 6.03 Å². The number of ether oxygens (including phenoxy) is 1. The molecule has 166 valence electrons. The van der Waals surface area contributed by atoms with E-state index in [1.165, 1.54) is 29.4 Å². The third-order valence-corrected chi connectivity index (χ3v) is 6.09. The Bertz CT molecular complexity index is 1100. The first kappa shape index (κ1) is 23.6. The SMILES string of the molecule is C=CCNC(=O)NC(=O)CSC1=NC(=Cc2cccs2)C(=O)N1c1ccc(OC)c(Cl)c1. The number of nitrogens with one attached hydrogen (secondary N) is 2. The number of amidine groups is 1. The lowest BCUT2D eigenvalue weighted by atomic mass is 10.2. The number of carbonyl (C=O) groups excluding carboxylic acids is 3. The summed E-state index contributed by atoms with van der Waals surface area (Å²) in [5.41, 5.74) is 0.705. The quantitative estimate of drug-likeness (QED) is 0.453. The fraction of sp³-hybridized carbons (Fsp3) is 0.143. The monoisotopic (exact) mass is 490 g/mol. The van der Waals surface area contributed by atoms with E-state index < -0.39 is 11.9 Å². The van der Waals surface area contributed by atoms with Gasteiger partial charge in [0.25, 0.3) is 5.91 Å². The summed E-state index contributed by atoms with van der Waals surface area (Å²) < 4.78 is 5.17. The highest BCUT2D eigenvalue weighted by Gasteiger charge is 2.33. The molecule has 0 aliphatic carbocycles. The fourth-order valence-electron chi connectivity index (χ4n) is 2.63. The molecule has 3 rings (SSSR count). The summed E-state index contributed by atoms with van der Waals surface area (Å²) in [6, 6.07) is 8.02. The van der Waals surface area contributed by atoms with Crippen LogP contribution in [-0.4, -0.2) is 42.4 Å². The van der Waals surface area contributed by atoms with Crippen molar-refractivity contribution in [2.24, 2.45) is 4.99 Å². The lowest BCUT2D eigenvalue weighted by molar-refractivity contribution is -0.117. The molecule has 0 saturated heterocycles. The predicted octanol–water partition coefficient (Wildman–Crippen LogP) is 3.90. The Hall–Kier alpha value is -3.08. The molecular formula is C21H19ClN4O4S2. The van der Waals surface area contributed by atoms with Gasteiger partial charge in [-0.15, -0.1) is 17.9 Å². The van der Waals surface area contributed by atoms with E-state index in [1.807, 2.05) is 17.5 Å². The fourth-order valence-corrected chi connectivity index (χ4v) is 4.34. The van der Waals surface area contributed by atoms with Crippen molar-refractivity contribution in [3.05, 3.63) is 64.0 Å². The number of benzene rings is 1. The third kappa shape index (κ3) is 5.78. The molecule has 2 N–H and O–H groups in total. The number of hydrogen-bond donors (Lipinski definition) is 2. The van der Waals surface area contributed by atoms with Crippen LogP contribution in [0.2, 0.25) is 5.02 Å². The summed E-state index contributed by atoms with van der Waals surface area (Å²) in [6.45, 7) is 3.72. The van der Waals surface area contributed by atoms with Crippen LogP contribution >= 0.6 is 34.7 Å². The molecule has 0 spiro atoms. The zero-order valence-corrected chi connectivity index (χ0v) is 19.4. The molecule has 0 unspecified atom stereocenters. The van der Waals surface area contributed by atoms with Crippen molar-refractivity contribution in [2.75, 3.05) is 24.3 Å². The van der Waals surface area contributed by atoms with Crippen LogP contribution in [0.4, 0.5) is 10.5 Å². The zero-order chi connectivity index (χ0) is 23.1. The van der Waals surface area contributed by atoms with Crippen molar-refractivity contribution in [1.82, 2.24) is 10.6 Å². The third-order valence-electron chi connectivity index (χ3n) is 4.04. The van der Waals surface area contributed by atoms with Crippen molar-refractivity contribution in [1.29, 1.82) is 0 Å². The molecule has 1 aliphatic rings. The molecule has 2 heterocycles. The van der Waals surface area contributed by atoms with Gasteiger partial charge in [0.1, 0.15) is 11.4 Å². The van der Waals surface area contributed by atoms with Gasteiger partial charge in [0, 0.05) is 11.4 Å². The number of thiophene rings is 1. The molecule has 1 aromatic carbocycles. The average Bonchev–Trinajstić information content (AvgIpc) is 3.39. The maximum atomic E-state index is 13.1. The first-order valence-electron chi connectivity index (χ1n) is 9.26. The summed E-state index contributed by atoms with van der Waals surface area (Å²) in [5.74, 6) is -0.547. The van der Waals surface area contributed by atoms with Gasteiger partial charge in [0.05, 0.1) is 23.6 Å². The Morgan fingerprint density at radius 3 is 2.84 bits per heavy atom. The molecule has 1 aliphatic heterocycles. The molecule has 0 radical (unpaired) electrons. The second kappa shape index (κ2) is 11.0. The van der Waals surface area contributed by atoms with Gasteiger partial charge in [-0.2, -0.15) is 0 Å². The number of aliphatic imine (C=N–C) groups is 1. The van der Waals surface area contributed by atoms with E-state index in [9.17, 15) is 14.4 Å². The van der Waals surface area contributed by atoms with Crippen LogP contribution in [0.15, 0.2) is 59.1 Å². The van der Waals surface area contributed by atoms with E-state index in [4.69, 9.17) is 16.3 Å². The van der Waals surface area contributed by atoms with E-state index in [1.54, 1.807) is 24.3 Å². The van der Waals surface area contributed by atoms with Crippen molar-refractivity contribution < 1.29 is 19.1 Å². The van der Waals surface area contributed by atoms with Crippen molar-refractivity contribution in [2.45, 2.75) is 0 Å². The number of imide groups is 1. The Labute approximate surface area is 198 Å². The maximum absolute atomic E-state index is 13.1. The number of halogens is 1. The van der Waals surface area contributed by atoms with E-state index in [2.05, 4.69) is 22.2 Å². The zero-order valence-electron chi connectivity index (χ0n) is 17.0. The summed E-state index contributed by atoms with van der Waals surface area (Å²) in [4.78, 5) is 43.6. The lowest BCUT2D eigenvalue weighted by Gasteiger charge is -2.18. The van der Waals surface area contributed by atoms with Gasteiger partial charge in [-0.05, 0) is 35.7 Å². The first-order chi connectivity index (χ1) is 15.4. The number of hydrogen-bond acceptors (Lipinski definition) is 7. The van der Waals surface area contributed by atoms with Gasteiger partial charge < -0.3 is 10.1 Å². The molecular weight excluding hydrogens is 472 g/mol. The number of rotatable bonds is 7. The molecule has 32 heavy (non-hydrogen) atoms. The van der Waals surface area contributed by atoms with Crippen LogP contribution < -0.4 is 20.3 Å². The number of anilines is 1. The second-order valence-electron chi connectivity index (χ2n) is 6.23. The molecule has 2 aromatic rings. The Morgan fingerprint density at radius 1 is 1.38 bits per heavy atom. The van der Waals surface area contributed by atoms with Crippen molar-refractivity contribution >= 4 is 69.5 Å². The van der Waals surface area contributed by atoms with E-state index in [0.29, 0.717) is 21.6 Å². The molecule has 0 bridgehead atoms. The Kier molecular flexibility index (Phi) is 8.09. The number of nitrogens with zero attached hydrogens (tertiary/aromatic N) is 2. The largest absolute Gasteiger partial charge is 0.495 e. The van der Waals surface area contributed by atoms with Crippen LogP contribution in [0.3, 0.4) is 0 Å². The average molecular weight is 491 g/mol. The normalized spacial score (nSPS) is 14.3. The Balaban J connectivity index is 1.82. The van der Waals surface area contributed by atoms with Gasteiger partial charge in [0.15, 0.2) is 5.17 Å². The van der Waals surface area contributed by atoms with Crippen LogP contribution in [0.25, 0.3) is 6.08 Å². The summed E-state index contributed by atoms with van der Waals surface area (Å²) in [5, 5.41) is 7.18. The molecule has 11 heteroatoms. The standard InChI is InChI=1S/C21H19ClN4O4S2/c1-3-8-23-20(29)25-18(27)12-32-21-24-16(11-14-5-4-9-31-14)19(28)26(21)13-6-7-17(30-2)15(22)10-13/h3-7,9-11H,1,8,12H2,2H3,(H2,23,25,27,29). The van der Waals surface area contributed by atoms with Gasteiger partial charge in [-0.3, -0.25) is 19.8 Å². The Morgan fingerprint density at radius 2 is 2.19 bits per heavy atom. The first-order valence-corrected chi connectivity index (χ1v) is 11.5. The van der Waals surface area contributed by atoms with Crippen LogP contribution in [0, 0.1) is 0 Å². The van der Waals surface area contributed by atoms with E-state index >= 15 is 0 Å². The minimum absolute atomic E-state index is 0.125. The number of methoxy groups -OCH3 is 1. The summed E-state index contributed by atoms with van der Waals surface area (Å²) in [6.07, 6.45) is 3.18. The molecule has 8 nitrogen and oxygen atoms in total. The van der Waals surface area contributed by atoms with Gasteiger partial charge in [-0.25, -0.2) is 9.79 Å². The maximum Gasteiger partial charge on any atom is 0.321 e. The highest BCUT2D eigenvalue weighted by Crippen LogP contribution is 2.34. The van der Waals surface area contributed by atoms with Crippen LogP contribution in [0.1, 0.15) is 4.88 Å². The number of amides is 4. The number of urea groups is 1. The summed E-state index contributed by atoms with van der Waals surface area (Å²) in [7, 11) is 1.50. The van der Waals surface area contributed by atoms with Crippen LogP contribution in [0.5, 0.6) is 5.75 Å². The topological polar surface area (TPSA) is 100 Å². The minimum atomic E-state index is -0.628. The number of thioether (sulfide) groups is 1. The van der Waals surface area contributed by atoms with E-state index in [0.717, 1.165) is 16.6 Å². The van der Waals surface area contributed by atoms with Gasteiger partial charge in [0.2, 0.25) is 5.91 Å². The minimum Gasteiger partial charge on any atom is -0.495 e. The lowest BCUT2D eigenvalue weighted by Crippen LogP contribution is -2.40. The van der Waals surface area contributed by atoms with Crippen molar-refractivity contribution in [3.63, 3.8) is 0 Å².